The highest BCUT2D eigenvalue weighted by Crippen LogP contribution is 2.59. The number of amides is 2. The average molecular weight is 827 g/mol. The Morgan fingerprint density at radius 3 is 2.61 bits per heavy atom. The molecule has 4 fully saturated rings. The van der Waals surface area contributed by atoms with Crippen LogP contribution in [-0.2, 0) is 24.2 Å². The second kappa shape index (κ2) is 15.6. The second-order valence-electron chi connectivity index (χ2n) is 19.9. The molecule has 2 saturated heterocycles. The zero-order valence-corrected chi connectivity index (χ0v) is 35.8. The van der Waals surface area contributed by atoms with Gasteiger partial charge in [-0.05, 0) is 166 Å². The number of aromatic amines is 1. The minimum absolute atomic E-state index is 0. The first kappa shape index (κ1) is 39.3. The summed E-state index contributed by atoms with van der Waals surface area (Å²) in [6, 6.07) is 13.8. The number of unbranched alkanes of at least 4 members (excludes halogenated alkanes) is 1. The molecule has 10 nitrogen and oxygen atoms in total. The maximum Gasteiger partial charge on any atom is 0.255 e. The number of halogens is 1. The summed E-state index contributed by atoms with van der Waals surface area (Å²) >= 11 is 0. The summed E-state index contributed by atoms with van der Waals surface area (Å²) in [6.45, 7) is 11.8. The van der Waals surface area contributed by atoms with Crippen LogP contribution in [0.1, 0.15) is 135 Å². The number of fused-ring (bicyclic) bond motifs is 8. The number of allylic oxidation sites excluding steroid dienone is 1. The van der Waals surface area contributed by atoms with Crippen molar-refractivity contribution in [1.82, 2.24) is 35.2 Å². The molecule has 2 saturated carbocycles. The summed E-state index contributed by atoms with van der Waals surface area (Å²) in [7, 11) is 0. The van der Waals surface area contributed by atoms with E-state index in [9.17, 15) is 14.0 Å². The van der Waals surface area contributed by atoms with E-state index in [1.54, 1.807) is 4.90 Å². The number of hydrogen-bond acceptors (Lipinski definition) is 7. The molecule has 4 aromatic rings. The predicted octanol–water partition coefficient (Wildman–Crippen LogP) is 8.23. The highest BCUT2D eigenvalue weighted by molar-refractivity contribution is 6.02. The van der Waals surface area contributed by atoms with Crippen LogP contribution in [0.4, 0.5) is 10.1 Å². The maximum absolute atomic E-state index is 13.5. The van der Waals surface area contributed by atoms with Gasteiger partial charge in [-0.25, -0.2) is 0 Å². The molecule has 2 N–H and O–H groups in total. The molecule has 2 aliphatic carbocycles. The van der Waals surface area contributed by atoms with Crippen LogP contribution in [-0.4, -0.2) is 99.2 Å². The number of H-pyrrole nitrogens is 1. The van der Waals surface area contributed by atoms with Crippen LogP contribution in [0.5, 0.6) is 0 Å². The smallest absolute Gasteiger partial charge is 0.255 e. The number of piperazine rings is 1. The van der Waals surface area contributed by atoms with Gasteiger partial charge in [0.2, 0.25) is 5.91 Å². The van der Waals surface area contributed by atoms with Gasteiger partial charge in [0.1, 0.15) is 6.04 Å². The summed E-state index contributed by atoms with van der Waals surface area (Å²) in [6.07, 6.45) is 18.0. The first-order chi connectivity index (χ1) is 29.8. The number of benzene rings is 2. The van der Waals surface area contributed by atoms with Crippen molar-refractivity contribution in [1.29, 1.82) is 0 Å². The van der Waals surface area contributed by atoms with E-state index in [4.69, 9.17) is 4.98 Å². The zero-order chi connectivity index (χ0) is 41.4. The number of aromatic nitrogens is 3. The average Bonchev–Trinajstić information content (AvgIpc) is 3.88. The minimum Gasteiger partial charge on any atom is -0.366 e. The lowest BCUT2D eigenvalue weighted by Gasteiger charge is -2.53. The summed E-state index contributed by atoms with van der Waals surface area (Å²) in [5, 5.41) is 11.6. The van der Waals surface area contributed by atoms with E-state index < -0.39 is 6.04 Å². The SMILES string of the molecule is C=C1CCC(N2Cc3c(ccc4c3CC[C@H]3CN(CC5CCC6(CC5)CC(c5ccc([C@@H]7c8ccc9[nH]ncc9c8C[C@@H](C)N7CCCCF)nc5)C6)CCN43)C2=O)C(=O)N1.[HH]. The van der Waals surface area contributed by atoms with E-state index in [-0.39, 0.29) is 26.0 Å². The van der Waals surface area contributed by atoms with Crippen LogP contribution >= 0.6 is 0 Å². The highest BCUT2D eigenvalue weighted by Gasteiger charge is 2.47. The number of hydrogen-bond donors (Lipinski definition) is 2. The number of rotatable bonds is 9. The van der Waals surface area contributed by atoms with Crippen molar-refractivity contribution < 1.29 is 15.4 Å². The Morgan fingerprint density at radius 2 is 1.80 bits per heavy atom. The number of nitrogens with zero attached hydrogens (tertiary/aromatic N) is 6. The van der Waals surface area contributed by atoms with E-state index in [0.717, 1.165) is 92.2 Å². The number of alkyl halides is 1. The lowest BCUT2D eigenvalue weighted by Crippen LogP contribution is -2.56. The van der Waals surface area contributed by atoms with Crippen LogP contribution in [0.3, 0.4) is 0 Å². The molecular formula is C50H63FN8O2. The predicted molar refractivity (Wildman–Crippen MR) is 238 cm³/mol. The van der Waals surface area contributed by atoms with Crippen molar-refractivity contribution in [3.8, 4) is 0 Å². The molecule has 1 unspecified atom stereocenters. The van der Waals surface area contributed by atoms with Crippen LogP contribution in [0.25, 0.3) is 10.9 Å². The molecule has 11 heteroatoms. The third kappa shape index (κ3) is 6.89. The van der Waals surface area contributed by atoms with Crippen LogP contribution < -0.4 is 10.2 Å². The van der Waals surface area contributed by atoms with Crippen molar-refractivity contribution in [3.05, 3.63) is 100 Å². The third-order valence-electron chi connectivity index (χ3n) is 16.4. The lowest BCUT2D eigenvalue weighted by atomic mass is 9.53. The van der Waals surface area contributed by atoms with E-state index in [1.807, 2.05) is 12.3 Å². The third-order valence-corrected chi connectivity index (χ3v) is 16.4. The van der Waals surface area contributed by atoms with Crippen LogP contribution in [0, 0.1) is 11.3 Å². The van der Waals surface area contributed by atoms with Gasteiger partial charge in [0, 0.05) is 74.8 Å². The molecule has 7 aliphatic rings. The zero-order valence-electron chi connectivity index (χ0n) is 35.8. The van der Waals surface area contributed by atoms with Crippen molar-refractivity contribution in [2.24, 2.45) is 11.3 Å². The van der Waals surface area contributed by atoms with Gasteiger partial charge >= 0.3 is 0 Å². The fourth-order valence-electron chi connectivity index (χ4n) is 13.1. The molecule has 0 bridgehead atoms. The molecular weight excluding hydrogens is 764 g/mol. The standard InChI is InChI=1S/C50H61FN8O2.H2/c1-31-5-13-46(48(60)54-31)59-30-42-37-8-7-36-29-56(21-22-58(36)45(37)14-10-39(42)49(59)61)28-33-15-17-50(18-16-33)24-35(25-50)34-6-11-44(52-26-34)47-38-9-12-43-41(27-53-55-43)40(38)23-32(2)57(47)20-4-3-19-51;/h6,9-12,14,26-27,32-33,35-36,46-47H,1,3-5,7-8,13,15-25,28-30H2,2H3,(H,53,55)(H,54,60);1H/t32-,33?,35?,36+,46?,47+,50?;/m1./s1. The Hall–Kier alpha value is -4.61. The van der Waals surface area contributed by atoms with Gasteiger partial charge in [0.05, 0.1) is 30.1 Å². The molecule has 2 aromatic carbocycles. The molecule has 1 spiro atoms. The first-order valence-corrected chi connectivity index (χ1v) is 23.4. The summed E-state index contributed by atoms with van der Waals surface area (Å²) in [4.78, 5) is 41.3. The van der Waals surface area contributed by atoms with Gasteiger partial charge in [0.15, 0.2) is 0 Å². The molecule has 11 rings (SSSR count). The van der Waals surface area contributed by atoms with Crippen molar-refractivity contribution in [2.75, 3.05) is 44.3 Å². The van der Waals surface area contributed by atoms with Gasteiger partial charge in [-0.2, -0.15) is 5.10 Å². The molecule has 61 heavy (non-hydrogen) atoms. The molecule has 2 aromatic heterocycles. The number of nitrogens with one attached hydrogen (secondary N) is 2. The van der Waals surface area contributed by atoms with E-state index in [0.29, 0.717) is 42.8 Å². The van der Waals surface area contributed by atoms with Crippen molar-refractivity contribution in [2.45, 2.75) is 127 Å². The number of pyridine rings is 1. The molecule has 5 aliphatic heterocycles. The van der Waals surface area contributed by atoms with Gasteiger partial charge in [-0.3, -0.25) is 33.9 Å². The van der Waals surface area contributed by atoms with Crippen LogP contribution in [0.15, 0.2) is 61.1 Å². The van der Waals surface area contributed by atoms with E-state index >= 15 is 0 Å². The fraction of sp³-hybridized carbons (Fsp3) is 0.560. The Kier molecular flexibility index (Phi) is 10.1. The highest BCUT2D eigenvalue weighted by atomic mass is 19.1. The van der Waals surface area contributed by atoms with E-state index in [1.165, 1.54) is 78.4 Å². The summed E-state index contributed by atoms with van der Waals surface area (Å²) in [5.74, 6) is 1.27. The summed E-state index contributed by atoms with van der Waals surface area (Å²) < 4.78 is 13.2. The van der Waals surface area contributed by atoms with Gasteiger partial charge < -0.3 is 15.1 Å². The number of piperidine rings is 1. The lowest BCUT2D eigenvalue weighted by molar-refractivity contribution is -0.126. The monoisotopic (exact) mass is 827 g/mol. The molecule has 7 heterocycles. The normalized spacial score (nSPS) is 30.2. The molecule has 322 valence electrons. The van der Waals surface area contributed by atoms with Crippen molar-refractivity contribution >= 4 is 28.4 Å². The number of carbonyl (C=O) groups is 2. The topological polar surface area (TPSA) is 101 Å². The van der Waals surface area contributed by atoms with Crippen molar-refractivity contribution in [3.63, 3.8) is 0 Å². The molecule has 4 atom stereocenters. The Bertz CT molecular complexity index is 2350. The van der Waals surface area contributed by atoms with Gasteiger partial charge in [-0.1, -0.05) is 18.7 Å². The summed E-state index contributed by atoms with van der Waals surface area (Å²) in [5.41, 5.74) is 12.1. The molecule has 2 amide bonds. The fourth-order valence-corrected chi connectivity index (χ4v) is 13.1. The maximum atomic E-state index is 13.5. The molecule has 0 radical (unpaired) electrons. The number of anilines is 1. The van der Waals surface area contributed by atoms with Gasteiger partial charge in [0.25, 0.3) is 5.91 Å². The minimum atomic E-state index is -0.417. The van der Waals surface area contributed by atoms with E-state index in [2.05, 4.69) is 80.2 Å². The first-order valence-electron chi connectivity index (χ1n) is 23.4. The largest absolute Gasteiger partial charge is 0.366 e. The Balaban J connectivity index is 0.00000458. The quantitative estimate of drug-likeness (QED) is 0.164. The Labute approximate surface area is 360 Å². The van der Waals surface area contributed by atoms with Gasteiger partial charge in [-0.15, -0.1) is 0 Å². The number of carbonyl (C=O) groups excluding carboxylic acids is 2. The Morgan fingerprint density at radius 1 is 0.934 bits per heavy atom. The second-order valence-corrected chi connectivity index (χ2v) is 19.9. The van der Waals surface area contributed by atoms with Crippen LogP contribution in [0.2, 0.25) is 0 Å².